The summed E-state index contributed by atoms with van der Waals surface area (Å²) in [5.74, 6) is -0.900. The van der Waals surface area contributed by atoms with Crippen LogP contribution < -0.4 is 5.32 Å². The molecule has 1 amide bonds. The van der Waals surface area contributed by atoms with Crippen LogP contribution >= 0.6 is 46.6 Å². The van der Waals surface area contributed by atoms with E-state index in [1.165, 1.54) is 18.2 Å². The van der Waals surface area contributed by atoms with Crippen molar-refractivity contribution in [1.82, 2.24) is 5.32 Å². The van der Waals surface area contributed by atoms with Gasteiger partial charge in [-0.2, -0.15) is 0 Å². The van der Waals surface area contributed by atoms with Crippen molar-refractivity contribution in [1.29, 1.82) is 0 Å². The van der Waals surface area contributed by atoms with Crippen LogP contribution in [0.4, 0.5) is 10.1 Å². The number of amidine groups is 1. The topological polar surface area (TPSA) is 41.5 Å². The molecule has 0 unspecified atom stereocenters. The summed E-state index contributed by atoms with van der Waals surface area (Å²) in [7, 11) is 0. The van der Waals surface area contributed by atoms with Gasteiger partial charge >= 0.3 is 0 Å². The molecule has 1 aliphatic heterocycles. The lowest BCUT2D eigenvalue weighted by Gasteiger charge is -2.01. The van der Waals surface area contributed by atoms with Crippen LogP contribution in [0.15, 0.2) is 46.3 Å². The predicted molar refractivity (Wildman–Crippen MR) is 98.7 cm³/mol. The fourth-order valence-corrected chi connectivity index (χ4v) is 3.32. The zero-order chi connectivity index (χ0) is 17.3. The summed E-state index contributed by atoms with van der Waals surface area (Å²) in [6, 6.07) is 9.33. The molecule has 1 N–H and O–H groups in total. The molecule has 1 heterocycles. The van der Waals surface area contributed by atoms with Gasteiger partial charge in [0, 0.05) is 5.56 Å². The zero-order valence-electron chi connectivity index (χ0n) is 11.8. The van der Waals surface area contributed by atoms with Crippen molar-refractivity contribution in [2.24, 2.45) is 4.99 Å². The number of thioether (sulfide) groups is 1. The maximum atomic E-state index is 13.8. The van der Waals surface area contributed by atoms with Gasteiger partial charge in [0.05, 0.1) is 25.7 Å². The highest BCUT2D eigenvalue weighted by molar-refractivity contribution is 8.18. The highest BCUT2D eigenvalue weighted by atomic mass is 35.5. The van der Waals surface area contributed by atoms with Gasteiger partial charge in [-0.3, -0.25) is 4.79 Å². The fraction of sp³-hybridized carbons (Fsp3) is 0. The summed E-state index contributed by atoms with van der Waals surface area (Å²) in [5.41, 5.74) is 0.580. The zero-order valence-corrected chi connectivity index (χ0v) is 14.9. The molecule has 2 aromatic carbocycles. The van der Waals surface area contributed by atoms with Gasteiger partial charge in [-0.05, 0) is 42.1 Å². The predicted octanol–water partition coefficient (Wildman–Crippen LogP) is 5.68. The minimum Gasteiger partial charge on any atom is -0.300 e. The lowest BCUT2D eigenvalue weighted by Crippen LogP contribution is -2.19. The molecule has 8 heteroatoms. The molecule has 0 aromatic heterocycles. The molecular weight excluding hydrogens is 394 g/mol. The molecule has 1 aliphatic rings. The van der Waals surface area contributed by atoms with E-state index in [1.807, 2.05) is 0 Å². The number of nitrogens with zero attached hydrogens (tertiary/aromatic N) is 1. The van der Waals surface area contributed by atoms with Crippen LogP contribution in [0.1, 0.15) is 5.56 Å². The van der Waals surface area contributed by atoms with Crippen LogP contribution in [0, 0.1) is 5.82 Å². The molecule has 3 nitrogen and oxygen atoms in total. The van der Waals surface area contributed by atoms with Gasteiger partial charge in [0.25, 0.3) is 5.91 Å². The number of carbonyl (C=O) groups is 1. The summed E-state index contributed by atoms with van der Waals surface area (Å²) in [6.45, 7) is 0. The Morgan fingerprint density at radius 3 is 2.54 bits per heavy atom. The van der Waals surface area contributed by atoms with Crippen molar-refractivity contribution in [3.63, 3.8) is 0 Å². The highest BCUT2D eigenvalue weighted by Gasteiger charge is 2.25. The quantitative estimate of drug-likeness (QED) is 0.658. The molecule has 0 atom stereocenters. The first-order chi connectivity index (χ1) is 11.5. The molecule has 0 spiro atoms. The van der Waals surface area contributed by atoms with E-state index >= 15 is 0 Å². The van der Waals surface area contributed by atoms with Gasteiger partial charge in [0.1, 0.15) is 5.82 Å². The minimum absolute atomic E-state index is 0.152. The number of hydrogen-bond donors (Lipinski definition) is 1. The van der Waals surface area contributed by atoms with Crippen molar-refractivity contribution in [2.75, 3.05) is 0 Å². The van der Waals surface area contributed by atoms with E-state index in [2.05, 4.69) is 10.3 Å². The minimum atomic E-state index is -0.508. The van der Waals surface area contributed by atoms with Crippen LogP contribution in [0.2, 0.25) is 15.1 Å². The Kier molecular flexibility index (Phi) is 5.15. The number of aliphatic imine (C=N–C) groups is 1. The van der Waals surface area contributed by atoms with Crippen molar-refractivity contribution in [3.8, 4) is 0 Å². The second-order valence-corrected chi connectivity index (χ2v) is 6.91. The fourth-order valence-electron chi connectivity index (χ4n) is 1.95. The van der Waals surface area contributed by atoms with Gasteiger partial charge in [0.15, 0.2) is 5.17 Å². The molecule has 1 fully saturated rings. The molecule has 0 saturated carbocycles. The Bertz CT molecular complexity index is 879. The Labute approximate surface area is 156 Å². The third-order valence-corrected chi connectivity index (χ3v) is 5.13. The molecule has 0 radical (unpaired) electrons. The molecular formula is C16H8Cl3FN2OS. The van der Waals surface area contributed by atoms with Crippen LogP contribution in [-0.2, 0) is 4.79 Å². The number of benzene rings is 2. The number of rotatable bonds is 2. The first kappa shape index (κ1) is 17.3. The highest BCUT2D eigenvalue weighted by Crippen LogP contribution is 2.35. The molecule has 2 aromatic rings. The lowest BCUT2D eigenvalue weighted by molar-refractivity contribution is -0.115. The molecule has 3 rings (SSSR count). The molecule has 1 saturated heterocycles. The maximum absolute atomic E-state index is 13.8. The van der Waals surface area contributed by atoms with E-state index < -0.39 is 11.7 Å². The number of halogens is 4. The number of carbonyl (C=O) groups excluding carboxylic acids is 1. The summed E-state index contributed by atoms with van der Waals surface area (Å²) in [4.78, 5) is 16.6. The third kappa shape index (κ3) is 3.59. The number of nitrogens with one attached hydrogen (secondary N) is 1. The Hall–Kier alpha value is -1.53. The average Bonchev–Trinajstić information content (AvgIpc) is 2.87. The second kappa shape index (κ2) is 7.15. The van der Waals surface area contributed by atoms with E-state index in [0.717, 1.165) is 11.8 Å². The monoisotopic (exact) mass is 400 g/mol. The van der Waals surface area contributed by atoms with Crippen molar-refractivity contribution in [2.45, 2.75) is 0 Å². The van der Waals surface area contributed by atoms with Gasteiger partial charge in [-0.15, -0.1) is 0 Å². The smallest absolute Gasteiger partial charge is 0.264 e. The SMILES string of the molecule is O=C1NC(=Nc2cccc(Cl)c2Cl)S/C1=C\c1c(F)cccc1Cl. The molecule has 0 aliphatic carbocycles. The van der Waals surface area contributed by atoms with Crippen molar-refractivity contribution in [3.05, 3.63) is 67.8 Å². The van der Waals surface area contributed by atoms with Gasteiger partial charge in [-0.25, -0.2) is 9.38 Å². The van der Waals surface area contributed by atoms with Crippen molar-refractivity contribution >= 4 is 69.4 Å². The molecule has 122 valence electrons. The van der Waals surface area contributed by atoms with E-state index in [0.29, 0.717) is 15.9 Å². The Balaban J connectivity index is 1.93. The summed E-state index contributed by atoms with van der Waals surface area (Å²) < 4.78 is 13.8. The Morgan fingerprint density at radius 2 is 1.79 bits per heavy atom. The summed E-state index contributed by atoms with van der Waals surface area (Å²) in [5, 5.41) is 3.79. The second-order valence-electron chi connectivity index (χ2n) is 4.69. The average molecular weight is 402 g/mol. The number of hydrogen-bond acceptors (Lipinski definition) is 3. The van der Waals surface area contributed by atoms with Gasteiger partial charge < -0.3 is 5.32 Å². The summed E-state index contributed by atoms with van der Waals surface area (Å²) >= 11 is 19.0. The van der Waals surface area contributed by atoms with Crippen LogP contribution in [0.25, 0.3) is 6.08 Å². The standard InChI is InChI=1S/C16H8Cl3FN2OS/c17-9-3-1-5-11(20)8(9)7-13-15(23)22-16(24-13)21-12-6-2-4-10(18)14(12)19/h1-7H,(H,21,22,23)/b13-7-. The lowest BCUT2D eigenvalue weighted by atomic mass is 10.2. The third-order valence-electron chi connectivity index (χ3n) is 3.08. The Morgan fingerprint density at radius 1 is 1.08 bits per heavy atom. The first-order valence-corrected chi connectivity index (χ1v) is 8.58. The van der Waals surface area contributed by atoms with Crippen LogP contribution in [0.5, 0.6) is 0 Å². The van der Waals surface area contributed by atoms with Crippen LogP contribution in [-0.4, -0.2) is 11.1 Å². The van der Waals surface area contributed by atoms with Crippen LogP contribution in [0.3, 0.4) is 0 Å². The molecule has 24 heavy (non-hydrogen) atoms. The van der Waals surface area contributed by atoms with E-state index in [1.54, 1.807) is 24.3 Å². The summed E-state index contributed by atoms with van der Waals surface area (Å²) in [6.07, 6.45) is 1.39. The van der Waals surface area contributed by atoms with E-state index in [4.69, 9.17) is 34.8 Å². The van der Waals surface area contributed by atoms with Gasteiger partial charge in [-0.1, -0.05) is 46.9 Å². The first-order valence-electron chi connectivity index (χ1n) is 6.63. The van der Waals surface area contributed by atoms with E-state index in [-0.39, 0.29) is 20.5 Å². The largest absolute Gasteiger partial charge is 0.300 e. The van der Waals surface area contributed by atoms with Crippen molar-refractivity contribution < 1.29 is 9.18 Å². The number of amides is 1. The van der Waals surface area contributed by atoms with Gasteiger partial charge in [0.2, 0.25) is 0 Å². The normalized spacial score (nSPS) is 17.6. The van der Waals surface area contributed by atoms with E-state index in [9.17, 15) is 9.18 Å². The maximum Gasteiger partial charge on any atom is 0.264 e. The molecule has 0 bridgehead atoms.